The second kappa shape index (κ2) is 9.67. The van der Waals surface area contributed by atoms with Crippen molar-refractivity contribution in [1.29, 1.82) is 0 Å². The van der Waals surface area contributed by atoms with Crippen molar-refractivity contribution in [2.75, 3.05) is 33.2 Å². The van der Waals surface area contributed by atoms with Crippen molar-refractivity contribution in [3.05, 3.63) is 21.9 Å². The Morgan fingerprint density at radius 1 is 1.46 bits per heavy atom. The summed E-state index contributed by atoms with van der Waals surface area (Å²) in [4.78, 5) is 22.6. The van der Waals surface area contributed by atoms with Gasteiger partial charge in [0.25, 0.3) is 0 Å². The largest absolute Gasteiger partial charge is 0.357 e. The first kappa shape index (κ1) is 18.8. The highest BCUT2D eigenvalue weighted by molar-refractivity contribution is 7.10. The number of guanidine groups is 1. The van der Waals surface area contributed by atoms with Gasteiger partial charge < -0.3 is 15.1 Å². The molecule has 6 heteroatoms. The van der Waals surface area contributed by atoms with Crippen LogP contribution in [0.3, 0.4) is 0 Å². The van der Waals surface area contributed by atoms with Gasteiger partial charge in [0.15, 0.2) is 5.96 Å². The summed E-state index contributed by atoms with van der Waals surface area (Å²) in [7, 11) is 2.06. The number of fused-ring (bicyclic) bond motifs is 1. The molecular formula is C18H30N4OS. The van der Waals surface area contributed by atoms with Crippen LogP contribution in [-0.4, -0.2) is 54.9 Å². The maximum atomic E-state index is 12.4. The molecule has 0 bridgehead atoms. The molecule has 1 aromatic rings. The van der Waals surface area contributed by atoms with Crippen LogP contribution in [0.25, 0.3) is 0 Å². The molecule has 134 valence electrons. The summed E-state index contributed by atoms with van der Waals surface area (Å²) in [6.07, 6.45) is 3.79. The third kappa shape index (κ3) is 5.23. The molecule has 24 heavy (non-hydrogen) atoms. The van der Waals surface area contributed by atoms with Gasteiger partial charge in [0.05, 0.1) is 6.54 Å². The van der Waals surface area contributed by atoms with Gasteiger partial charge in [0.2, 0.25) is 5.91 Å². The second-order valence-corrected chi connectivity index (χ2v) is 7.20. The molecule has 0 aliphatic carbocycles. The van der Waals surface area contributed by atoms with Crippen molar-refractivity contribution in [2.24, 2.45) is 4.99 Å². The van der Waals surface area contributed by atoms with E-state index in [9.17, 15) is 4.79 Å². The summed E-state index contributed by atoms with van der Waals surface area (Å²) in [5.41, 5.74) is 1.32. The van der Waals surface area contributed by atoms with Gasteiger partial charge in [-0.15, -0.1) is 11.3 Å². The number of unbranched alkanes of at least 4 members (excludes halogenated alkanes) is 1. The molecule has 1 N–H and O–H groups in total. The minimum absolute atomic E-state index is 0.211. The number of nitrogens with one attached hydrogen (secondary N) is 1. The number of hydrogen-bond donors (Lipinski definition) is 1. The summed E-state index contributed by atoms with van der Waals surface area (Å²) < 4.78 is 0. The fraction of sp³-hybridized carbons (Fsp3) is 0.667. The Balaban J connectivity index is 1.83. The SMILES string of the molecule is CCCCN(C)C(=NCCC(=O)N1CCc2sccc2C1)NCC. The molecule has 1 aliphatic heterocycles. The van der Waals surface area contributed by atoms with Crippen LogP contribution in [0.15, 0.2) is 16.4 Å². The molecule has 2 heterocycles. The molecule has 5 nitrogen and oxygen atoms in total. The molecule has 0 unspecified atom stereocenters. The molecule has 0 radical (unpaired) electrons. The predicted octanol–water partition coefficient (Wildman–Crippen LogP) is 2.72. The first-order valence-corrected chi connectivity index (χ1v) is 9.86. The lowest BCUT2D eigenvalue weighted by Crippen LogP contribution is -2.40. The lowest BCUT2D eigenvalue weighted by molar-refractivity contribution is -0.131. The van der Waals surface area contributed by atoms with Gasteiger partial charge in [-0.2, -0.15) is 0 Å². The fourth-order valence-corrected chi connectivity index (χ4v) is 3.74. The van der Waals surface area contributed by atoms with E-state index in [0.717, 1.165) is 45.0 Å². The zero-order valence-electron chi connectivity index (χ0n) is 15.2. The van der Waals surface area contributed by atoms with Crippen molar-refractivity contribution < 1.29 is 4.79 Å². The van der Waals surface area contributed by atoms with Crippen LogP contribution >= 0.6 is 11.3 Å². The first-order valence-electron chi connectivity index (χ1n) is 8.98. The van der Waals surface area contributed by atoms with Gasteiger partial charge >= 0.3 is 0 Å². The standard InChI is InChI=1S/C18H30N4OS/c1-4-6-11-21(3)18(19-5-2)20-10-7-17(23)22-12-8-16-15(14-22)9-13-24-16/h9,13H,4-8,10-12,14H2,1-3H3,(H,19,20). The summed E-state index contributed by atoms with van der Waals surface area (Å²) in [5, 5.41) is 5.43. The van der Waals surface area contributed by atoms with Crippen LogP contribution in [0.4, 0.5) is 0 Å². The average Bonchev–Trinajstić information content (AvgIpc) is 3.06. The number of hydrogen-bond acceptors (Lipinski definition) is 3. The van der Waals surface area contributed by atoms with E-state index in [1.807, 2.05) is 4.90 Å². The molecular weight excluding hydrogens is 320 g/mol. The summed E-state index contributed by atoms with van der Waals surface area (Å²) in [5.74, 6) is 1.11. The normalized spacial score (nSPS) is 14.5. The van der Waals surface area contributed by atoms with Crippen molar-refractivity contribution in [3.63, 3.8) is 0 Å². The maximum Gasteiger partial charge on any atom is 0.224 e. The number of aliphatic imine (C=N–C) groups is 1. The molecule has 1 aromatic heterocycles. The third-order valence-electron chi connectivity index (χ3n) is 4.29. The van der Waals surface area contributed by atoms with Gasteiger partial charge in [-0.1, -0.05) is 13.3 Å². The van der Waals surface area contributed by atoms with E-state index in [-0.39, 0.29) is 5.91 Å². The van der Waals surface area contributed by atoms with E-state index >= 15 is 0 Å². The van der Waals surface area contributed by atoms with Crippen molar-refractivity contribution >= 4 is 23.2 Å². The van der Waals surface area contributed by atoms with E-state index < -0.39 is 0 Å². The molecule has 0 aromatic carbocycles. The number of rotatable bonds is 7. The highest BCUT2D eigenvalue weighted by Crippen LogP contribution is 2.24. The Bertz CT molecular complexity index is 555. The van der Waals surface area contributed by atoms with E-state index in [1.54, 1.807) is 11.3 Å². The highest BCUT2D eigenvalue weighted by atomic mass is 32.1. The fourth-order valence-electron chi connectivity index (χ4n) is 2.85. The summed E-state index contributed by atoms with van der Waals surface area (Å²) >= 11 is 1.80. The van der Waals surface area contributed by atoms with Gasteiger partial charge in [0, 0.05) is 44.5 Å². The molecule has 2 rings (SSSR count). The molecule has 1 amide bonds. The number of thiophene rings is 1. The molecule has 0 atom stereocenters. The second-order valence-electron chi connectivity index (χ2n) is 6.20. The number of carbonyl (C=O) groups excluding carboxylic acids is 1. The summed E-state index contributed by atoms with van der Waals surface area (Å²) in [6, 6.07) is 2.14. The Kier molecular flexibility index (Phi) is 7.56. The van der Waals surface area contributed by atoms with Crippen molar-refractivity contribution in [3.8, 4) is 0 Å². The topological polar surface area (TPSA) is 47.9 Å². The monoisotopic (exact) mass is 350 g/mol. The van der Waals surface area contributed by atoms with Crippen molar-refractivity contribution in [2.45, 2.75) is 46.1 Å². The molecule has 0 saturated carbocycles. The Labute approximate surface area is 149 Å². The van der Waals surface area contributed by atoms with Gasteiger partial charge in [-0.25, -0.2) is 0 Å². The van der Waals surface area contributed by atoms with Crippen LogP contribution in [0, 0.1) is 0 Å². The molecule has 0 saturated heterocycles. The van der Waals surface area contributed by atoms with Crippen LogP contribution in [0.2, 0.25) is 0 Å². The highest BCUT2D eigenvalue weighted by Gasteiger charge is 2.20. The van der Waals surface area contributed by atoms with Crippen LogP contribution < -0.4 is 5.32 Å². The average molecular weight is 351 g/mol. The zero-order valence-corrected chi connectivity index (χ0v) is 16.0. The van der Waals surface area contributed by atoms with Gasteiger partial charge in [-0.05, 0) is 36.8 Å². The van der Waals surface area contributed by atoms with Crippen molar-refractivity contribution in [1.82, 2.24) is 15.1 Å². The Morgan fingerprint density at radius 3 is 3.04 bits per heavy atom. The first-order chi connectivity index (χ1) is 11.7. The van der Waals surface area contributed by atoms with Crippen LogP contribution in [-0.2, 0) is 17.8 Å². The zero-order chi connectivity index (χ0) is 17.4. The number of nitrogens with zero attached hydrogens (tertiary/aromatic N) is 3. The quantitative estimate of drug-likeness (QED) is 0.608. The maximum absolute atomic E-state index is 12.4. The predicted molar refractivity (Wildman–Crippen MR) is 102 cm³/mol. The van der Waals surface area contributed by atoms with Gasteiger partial charge in [-0.3, -0.25) is 9.79 Å². The lowest BCUT2D eigenvalue weighted by Gasteiger charge is -2.27. The Morgan fingerprint density at radius 2 is 2.29 bits per heavy atom. The van der Waals surface area contributed by atoms with E-state index in [1.165, 1.54) is 16.9 Å². The van der Waals surface area contributed by atoms with E-state index in [4.69, 9.17) is 0 Å². The Hall–Kier alpha value is -1.56. The van der Waals surface area contributed by atoms with E-state index in [0.29, 0.717) is 13.0 Å². The minimum atomic E-state index is 0.211. The molecule has 0 fully saturated rings. The third-order valence-corrected chi connectivity index (χ3v) is 5.31. The molecule has 1 aliphatic rings. The molecule has 0 spiro atoms. The van der Waals surface area contributed by atoms with Crippen LogP contribution in [0.5, 0.6) is 0 Å². The lowest BCUT2D eigenvalue weighted by atomic mass is 10.1. The minimum Gasteiger partial charge on any atom is -0.357 e. The van der Waals surface area contributed by atoms with Gasteiger partial charge in [0.1, 0.15) is 0 Å². The number of amides is 1. The van der Waals surface area contributed by atoms with Crippen LogP contribution in [0.1, 0.15) is 43.6 Å². The number of carbonyl (C=O) groups is 1. The van der Waals surface area contributed by atoms with E-state index in [2.05, 4.69) is 47.6 Å². The summed E-state index contributed by atoms with van der Waals surface area (Å²) in [6.45, 7) is 8.24. The smallest absolute Gasteiger partial charge is 0.224 e.